The van der Waals surface area contributed by atoms with Crippen molar-refractivity contribution in [3.63, 3.8) is 0 Å². The highest BCUT2D eigenvalue weighted by molar-refractivity contribution is 6.13. The summed E-state index contributed by atoms with van der Waals surface area (Å²) in [7, 11) is 0. The third kappa shape index (κ3) is 4.27. The molecule has 0 saturated heterocycles. The SMILES string of the molecule is C=Cc1c(C=C)c(-c2ccc3c(c2)-c2cnccc2C32c3ccccc3-c3cccc4cccc2c34)c2ccccc2c1-c1ccc(-c2ccccc2)cc1. The van der Waals surface area contributed by atoms with Crippen molar-refractivity contribution in [1.82, 2.24) is 4.98 Å². The molecule has 1 aromatic heterocycles. The monoisotopic (exact) mass is 697 g/mol. The molecule has 9 aromatic rings. The summed E-state index contributed by atoms with van der Waals surface area (Å²) in [5, 5.41) is 4.96. The molecule has 1 atom stereocenters. The Hall–Kier alpha value is -7.09. The first-order valence-electron chi connectivity index (χ1n) is 18.9. The van der Waals surface area contributed by atoms with Crippen LogP contribution >= 0.6 is 0 Å². The quantitative estimate of drug-likeness (QED) is 0.174. The largest absolute Gasteiger partial charge is 0.264 e. The van der Waals surface area contributed by atoms with Gasteiger partial charge in [-0.1, -0.05) is 177 Å². The van der Waals surface area contributed by atoms with Crippen molar-refractivity contribution in [2.45, 2.75) is 5.41 Å². The van der Waals surface area contributed by atoms with Gasteiger partial charge in [-0.3, -0.25) is 4.98 Å². The first-order chi connectivity index (χ1) is 27.2. The Morgan fingerprint density at radius 1 is 0.418 bits per heavy atom. The van der Waals surface area contributed by atoms with Gasteiger partial charge in [0.15, 0.2) is 0 Å². The second-order valence-corrected chi connectivity index (χ2v) is 14.7. The smallest absolute Gasteiger partial charge is 0.0726 e. The first-order valence-corrected chi connectivity index (χ1v) is 18.9. The van der Waals surface area contributed by atoms with E-state index in [9.17, 15) is 0 Å². The Labute approximate surface area is 321 Å². The minimum Gasteiger partial charge on any atom is -0.264 e. The molecule has 1 spiro atoms. The van der Waals surface area contributed by atoms with Crippen molar-refractivity contribution >= 4 is 33.7 Å². The fourth-order valence-electron chi connectivity index (χ4n) is 9.96. The van der Waals surface area contributed by atoms with Crippen molar-refractivity contribution in [3.8, 4) is 55.6 Å². The van der Waals surface area contributed by atoms with Gasteiger partial charge in [-0.05, 0) is 117 Å². The number of aromatic nitrogens is 1. The highest BCUT2D eigenvalue weighted by Gasteiger charge is 2.50. The summed E-state index contributed by atoms with van der Waals surface area (Å²) < 4.78 is 0. The van der Waals surface area contributed by atoms with E-state index in [1.807, 2.05) is 18.3 Å². The Morgan fingerprint density at radius 3 is 1.75 bits per heavy atom. The van der Waals surface area contributed by atoms with E-state index in [0.29, 0.717) is 0 Å². The minimum atomic E-state index is -0.484. The molecule has 0 saturated carbocycles. The maximum Gasteiger partial charge on any atom is 0.0726 e. The second-order valence-electron chi connectivity index (χ2n) is 14.7. The third-order valence-corrected chi connectivity index (χ3v) is 12.1. The number of nitrogens with zero attached hydrogens (tertiary/aromatic N) is 1. The molecule has 1 heteroatoms. The zero-order valence-electron chi connectivity index (χ0n) is 30.3. The minimum absolute atomic E-state index is 0.484. The van der Waals surface area contributed by atoms with Crippen LogP contribution in [0.4, 0.5) is 0 Å². The predicted octanol–water partition coefficient (Wildman–Crippen LogP) is 14.0. The summed E-state index contributed by atoms with van der Waals surface area (Å²) in [5.41, 5.74) is 18.9. The van der Waals surface area contributed by atoms with Gasteiger partial charge in [-0.2, -0.15) is 0 Å². The van der Waals surface area contributed by atoms with E-state index < -0.39 is 5.41 Å². The van der Waals surface area contributed by atoms with Gasteiger partial charge in [0.25, 0.3) is 0 Å². The maximum atomic E-state index is 4.74. The van der Waals surface area contributed by atoms with Gasteiger partial charge in [-0.15, -0.1) is 0 Å². The van der Waals surface area contributed by atoms with Crippen LogP contribution in [0.15, 0.2) is 189 Å². The summed E-state index contributed by atoms with van der Waals surface area (Å²) in [6, 6.07) is 60.2. The van der Waals surface area contributed by atoms with E-state index in [4.69, 9.17) is 4.98 Å². The molecular weight excluding hydrogens is 663 g/mol. The molecule has 2 aliphatic rings. The lowest BCUT2D eigenvalue weighted by molar-refractivity contribution is 0.772. The van der Waals surface area contributed by atoms with Crippen molar-refractivity contribution < 1.29 is 0 Å². The molecule has 11 rings (SSSR count). The molecule has 8 aromatic carbocycles. The topological polar surface area (TPSA) is 12.9 Å². The van der Waals surface area contributed by atoms with Crippen LogP contribution in [0, 0.1) is 0 Å². The average Bonchev–Trinajstić information content (AvgIpc) is 3.55. The van der Waals surface area contributed by atoms with Crippen molar-refractivity contribution in [3.05, 3.63) is 223 Å². The van der Waals surface area contributed by atoms with Gasteiger partial charge in [0, 0.05) is 18.0 Å². The standard InChI is InChI=1S/C54H35N/c1-3-39-40(4-2)52(44-20-9-8-19-43(44)51(39)37-26-24-35(25-27-37)34-14-6-5-7-15-34)38-28-29-48-45(32-38)46-33-55-31-30-49(46)54(48)47-22-11-10-18-41(47)42-21-12-16-36-17-13-23-50(54)53(36)42/h3-33H,1-2H2. The number of fused-ring (bicyclic) bond motifs is 10. The number of hydrogen-bond donors (Lipinski definition) is 0. The van der Waals surface area contributed by atoms with Crippen molar-refractivity contribution in [2.75, 3.05) is 0 Å². The van der Waals surface area contributed by atoms with E-state index in [1.165, 1.54) is 82.7 Å². The highest BCUT2D eigenvalue weighted by atomic mass is 14.6. The van der Waals surface area contributed by atoms with Gasteiger partial charge in [0.05, 0.1) is 5.41 Å². The van der Waals surface area contributed by atoms with E-state index in [2.05, 4.69) is 183 Å². The Balaban J connectivity index is 1.17. The fraction of sp³-hybridized carbons (Fsp3) is 0.0185. The lowest BCUT2D eigenvalue weighted by Gasteiger charge is -2.40. The molecule has 0 fully saturated rings. The van der Waals surface area contributed by atoms with Gasteiger partial charge >= 0.3 is 0 Å². The Morgan fingerprint density at radius 2 is 0.982 bits per heavy atom. The molecule has 2 aliphatic carbocycles. The summed E-state index contributed by atoms with van der Waals surface area (Å²) in [6.45, 7) is 8.79. The molecule has 55 heavy (non-hydrogen) atoms. The van der Waals surface area contributed by atoms with E-state index in [-0.39, 0.29) is 0 Å². The number of rotatable bonds is 5. The van der Waals surface area contributed by atoms with E-state index in [1.54, 1.807) is 0 Å². The molecule has 256 valence electrons. The zero-order chi connectivity index (χ0) is 36.7. The Bertz CT molecular complexity index is 3050. The molecule has 0 N–H and O–H groups in total. The lowest BCUT2D eigenvalue weighted by Crippen LogP contribution is -2.31. The molecule has 0 bridgehead atoms. The van der Waals surface area contributed by atoms with Gasteiger partial charge in [-0.25, -0.2) is 0 Å². The molecule has 1 heterocycles. The van der Waals surface area contributed by atoms with Crippen molar-refractivity contribution in [1.29, 1.82) is 0 Å². The molecular formula is C54H35N. The summed E-state index contributed by atoms with van der Waals surface area (Å²) in [4.78, 5) is 4.74. The molecule has 1 nitrogen and oxygen atoms in total. The van der Waals surface area contributed by atoms with Crippen LogP contribution in [0.1, 0.15) is 33.4 Å². The molecule has 0 amide bonds. The first kappa shape index (κ1) is 31.4. The van der Waals surface area contributed by atoms with Crippen LogP contribution in [0.25, 0.3) is 89.3 Å². The summed E-state index contributed by atoms with van der Waals surface area (Å²) in [5.74, 6) is 0. The maximum absolute atomic E-state index is 4.74. The van der Waals surface area contributed by atoms with E-state index >= 15 is 0 Å². The van der Waals surface area contributed by atoms with Crippen LogP contribution < -0.4 is 0 Å². The Kier molecular flexibility index (Phi) is 6.84. The summed E-state index contributed by atoms with van der Waals surface area (Å²) >= 11 is 0. The van der Waals surface area contributed by atoms with Crippen molar-refractivity contribution in [2.24, 2.45) is 0 Å². The van der Waals surface area contributed by atoms with Crippen LogP contribution in [0.3, 0.4) is 0 Å². The average molecular weight is 698 g/mol. The van der Waals surface area contributed by atoms with E-state index in [0.717, 1.165) is 27.8 Å². The second kappa shape index (κ2) is 12.0. The van der Waals surface area contributed by atoms with Crippen LogP contribution in [0.2, 0.25) is 0 Å². The summed E-state index contributed by atoms with van der Waals surface area (Å²) in [6.07, 6.45) is 8.05. The van der Waals surface area contributed by atoms with Gasteiger partial charge < -0.3 is 0 Å². The predicted molar refractivity (Wildman–Crippen MR) is 232 cm³/mol. The van der Waals surface area contributed by atoms with Crippen LogP contribution in [-0.4, -0.2) is 4.98 Å². The normalized spacial score (nSPS) is 14.8. The molecule has 0 radical (unpaired) electrons. The fourth-order valence-corrected chi connectivity index (χ4v) is 9.96. The van der Waals surface area contributed by atoms with Crippen LogP contribution in [-0.2, 0) is 5.41 Å². The van der Waals surface area contributed by atoms with Gasteiger partial charge in [0.2, 0.25) is 0 Å². The number of pyridine rings is 1. The van der Waals surface area contributed by atoms with Crippen LogP contribution in [0.5, 0.6) is 0 Å². The van der Waals surface area contributed by atoms with Gasteiger partial charge in [0.1, 0.15) is 0 Å². The highest BCUT2D eigenvalue weighted by Crippen LogP contribution is 2.62. The number of benzene rings is 8. The zero-order valence-corrected chi connectivity index (χ0v) is 30.3. The lowest BCUT2D eigenvalue weighted by atomic mass is 9.61. The molecule has 0 aliphatic heterocycles. The third-order valence-electron chi connectivity index (χ3n) is 12.1. The number of hydrogen-bond acceptors (Lipinski definition) is 1. The molecule has 1 unspecified atom stereocenters.